The number of rotatable bonds is 6. The maximum Gasteiger partial charge on any atom is 0.240 e. The minimum absolute atomic E-state index is 0.191. The molecule has 24 heavy (non-hydrogen) atoms. The highest BCUT2D eigenvalue weighted by atomic mass is 35.5. The zero-order valence-corrected chi connectivity index (χ0v) is 15.9. The highest BCUT2D eigenvalue weighted by molar-refractivity contribution is 7.89. The van der Waals surface area contributed by atoms with E-state index < -0.39 is 10.0 Å². The molecule has 2 aromatic rings. The summed E-state index contributed by atoms with van der Waals surface area (Å²) in [6, 6.07) is 8.67. The molecule has 0 unspecified atom stereocenters. The lowest BCUT2D eigenvalue weighted by Gasteiger charge is -2.12. The molecule has 0 atom stereocenters. The standard InChI is InChI=1S/C18H22ClNO3S/c1-12-9-15(4)18(11-13(12)2)23-8-7-20-24(21,22)16-5-6-17(19)14(3)10-16/h5-6,9-11,20H,7-8H2,1-4H3. The van der Waals surface area contributed by atoms with E-state index in [9.17, 15) is 8.42 Å². The predicted molar refractivity (Wildman–Crippen MR) is 97.5 cm³/mol. The summed E-state index contributed by atoms with van der Waals surface area (Å²) < 4.78 is 32.8. The number of benzene rings is 2. The van der Waals surface area contributed by atoms with Crippen molar-refractivity contribution in [1.29, 1.82) is 0 Å². The molecule has 4 nitrogen and oxygen atoms in total. The highest BCUT2D eigenvalue weighted by Crippen LogP contribution is 2.22. The Morgan fingerprint density at radius 3 is 2.29 bits per heavy atom. The molecule has 0 amide bonds. The number of sulfonamides is 1. The zero-order chi connectivity index (χ0) is 17.9. The van der Waals surface area contributed by atoms with E-state index in [-0.39, 0.29) is 18.0 Å². The van der Waals surface area contributed by atoms with Gasteiger partial charge < -0.3 is 4.74 Å². The van der Waals surface area contributed by atoms with Crippen LogP contribution in [0.2, 0.25) is 5.02 Å². The number of aryl methyl sites for hydroxylation is 4. The number of hydrogen-bond acceptors (Lipinski definition) is 3. The molecule has 0 fully saturated rings. The van der Waals surface area contributed by atoms with Crippen LogP contribution in [-0.2, 0) is 10.0 Å². The largest absolute Gasteiger partial charge is 0.492 e. The average Bonchev–Trinajstić information content (AvgIpc) is 2.51. The molecule has 0 radical (unpaired) electrons. The Kier molecular flexibility index (Phi) is 5.91. The number of hydrogen-bond donors (Lipinski definition) is 1. The number of halogens is 1. The van der Waals surface area contributed by atoms with Crippen molar-refractivity contribution in [3.05, 3.63) is 57.6 Å². The van der Waals surface area contributed by atoms with Crippen LogP contribution in [0.1, 0.15) is 22.3 Å². The Bertz CT molecular complexity index is 848. The molecule has 0 aliphatic heterocycles. The van der Waals surface area contributed by atoms with Crippen molar-refractivity contribution in [2.75, 3.05) is 13.2 Å². The van der Waals surface area contributed by atoms with Crippen LogP contribution in [0.3, 0.4) is 0 Å². The van der Waals surface area contributed by atoms with Gasteiger partial charge in [-0.2, -0.15) is 0 Å². The number of ether oxygens (including phenoxy) is 1. The van der Waals surface area contributed by atoms with Crippen molar-refractivity contribution in [3.8, 4) is 5.75 Å². The Labute approximate surface area is 148 Å². The van der Waals surface area contributed by atoms with Crippen LogP contribution in [0.5, 0.6) is 5.75 Å². The third-order valence-corrected chi connectivity index (χ3v) is 5.77. The van der Waals surface area contributed by atoms with Crippen LogP contribution in [0.15, 0.2) is 35.2 Å². The lowest BCUT2D eigenvalue weighted by Crippen LogP contribution is -2.28. The molecular weight excluding hydrogens is 346 g/mol. The van der Waals surface area contributed by atoms with E-state index in [1.54, 1.807) is 19.1 Å². The van der Waals surface area contributed by atoms with Gasteiger partial charge in [-0.05, 0) is 74.2 Å². The predicted octanol–water partition coefficient (Wildman–Crippen LogP) is 3.93. The van der Waals surface area contributed by atoms with Gasteiger partial charge in [0.1, 0.15) is 12.4 Å². The Balaban J connectivity index is 1.96. The van der Waals surface area contributed by atoms with Crippen LogP contribution in [-0.4, -0.2) is 21.6 Å². The molecule has 0 saturated carbocycles. The zero-order valence-electron chi connectivity index (χ0n) is 14.3. The maximum absolute atomic E-state index is 12.3. The van der Waals surface area contributed by atoms with Crippen molar-refractivity contribution < 1.29 is 13.2 Å². The van der Waals surface area contributed by atoms with Gasteiger partial charge in [0.25, 0.3) is 0 Å². The first-order chi connectivity index (χ1) is 11.2. The molecule has 1 N–H and O–H groups in total. The summed E-state index contributed by atoms with van der Waals surface area (Å²) in [6.45, 7) is 8.27. The summed E-state index contributed by atoms with van der Waals surface area (Å²) in [5.41, 5.74) is 4.11. The van der Waals surface area contributed by atoms with E-state index in [1.807, 2.05) is 26.8 Å². The molecule has 2 aromatic carbocycles. The topological polar surface area (TPSA) is 55.4 Å². The van der Waals surface area contributed by atoms with Gasteiger partial charge in [-0.3, -0.25) is 0 Å². The van der Waals surface area contributed by atoms with Crippen LogP contribution in [0.4, 0.5) is 0 Å². The van der Waals surface area contributed by atoms with Gasteiger partial charge in [-0.25, -0.2) is 13.1 Å². The summed E-state index contributed by atoms with van der Waals surface area (Å²) >= 11 is 5.93. The minimum Gasteiger partial charge on any atom is -0.492 e. The summed E-state index contributed by atoms with van der Waals surface area (Å²) in [7, 11) is -3.57. The average molecular weight is 368 g/mol. The van der Waals surface area contributed by atoms with Crippen LogP contribution < -0.4 is 9.46 Å². The molecule has 0 spiro atoms. The smallest absolute Gasteiger partial charge is 0.240 e. The third-order valence-electron chi connectivity index (χ3n) is 3.88. The van der Waals surface area contributed by atoms with E-state index in [4.69, 9.17) is 16.3 Å². The van der Waals surface area contributed by atoms with Crippen molar-refractivity contribution in [2.45, 2.75) is 32.6 Å². The Hall–Kier alpha value is -1.56. The minimum atomic E-state index is -3.57. The second kappa shape index (κ2) is 7.55. The van der Waals surface area contributed by atoms with Crippen LogP contribution in [0.25, 0.3) is 0 Å². The quantitative estimate of drug-likeness (QED) is 0.787. The molecular formula is C18H22ClNO3S. The molecule has 2 rings (SSSR count). The molecule has 0 bridgehead atoms. The van der Waals surface area contributed by atoms with Gasteiger partial charge in [-0.1, -0.05) is 17.7 Å². The summed E-state index contributed by atoms with van der Waals surface area (Å²) in [5, 5.41) is 0.544. The first kappa shape index (κ1) is 18.8. The molecule has 0 saturated heterocycles. The Morgan fingerprint density at radius 1 is 0.958 bits per heavy atom. The maximum atomic E-state index is 12.3. The van der Waals surface area contributed by atoms with Crippen molar-refractivity contribution in [2.24, 2.45) is 0 Å². The van der Waals surface area contributed by atoms with Gasteiger partial charge in [0.2, 0.25) is 10.0 Å². The molecule has 0 aromatic heterocycles. The first-order valence-electron chi connectivity index (χ1n) is 7.67. The fourth-order valence-electron chi connectivity index (χ4n) is 2.29. The molecule has 130 valence electrons. The van der Waals surface area contributed by atoms with Crippen molar-refractivity contribution in [1.82, 2.24) is 4.72 Å². The molecule has 0 aliphatic rings. The number of nitrogens with one attached hydrogen (secondary N) is 1. The second-order valence-corrected chi connectivity index (χ2v) is 8.03. The normalized spacial score (nSPS) is 11.5. The highest BCUT2D eigenvalue weighted by Gasteiger charge is 2.14. The van der Waals surface area contributed by atoms with Gasteiger partial charge in [0.15, 0.2) is 0 Å². The Morgan fingerprint density at radius 2 is 1.62 bits per heavy atom. The monoisotopic (exact) mass is 367 g/mol. The second-order valence-electron chi connectivity index (χ2n) is 5.86. The fourth-order valence-corrected chi connectivity index (χ4v) is 3.51. The van der Waals surface area contributed by atoms with Gasteiger partial charge in [0.05, 0.1) is 4.90 Å². The lowest BCUT2D eigenvalue weighted by molar-refractivity contribution is 0.320. The van der Waals surface area contributed by atoms with E-state index in [0.29, 0.717) is 5.02 Å². The lowest BCUT2D eigenvalue weighted by atomic mass is 10.1. The van der Waals surface area contributed by atoms with Crippen molar-refractivity contribution in [3.63, 3.8) is 0 Å². The summed E-state index contributed by atoms with van der Waals surface area (Å²) in [4.78, 5) is 0.201. The summed E-state index contributed by atoms with van der Waals surface area (Å²) in [5.74, 6) is 0.777. The van der Waals surface area contributed by atoms with Gasteiger partial charge in [0, 0.05) is 11.6 Å². The van der Waals surface area contributed by atoms with E-state index >= 15 is 0 Å². The van der Waals surface area contributed by atoms with Crippen LogP contribution >= 0.6 is 11.6 Å². The third kappa shape index (κ3) is 4.50. The van der Waals surface area contributed by atoms with Gasteiger partial charge >= 0.3 is 0 Å². The first-order valence-corrected chi connectivity index (χ1v) is 9.53. The summed E-state index contributed by atoms with van der Waals surface area (Å²) in [6.07, 6.45) is 0. The van der Waals surface area contributed by atoms with Gasteiger partial charge in [-0.15, -0.1) is 0 Å². The van der Waals surface area contributed by atoms with E-state index in [0.717, 1.165) is 22.4 Å². The fraction of sp³-hybridized carbons (Fsp3) is 0.333. The van der Waals surface area contributed by atoms with E-state index in [1.165, 1.54) is 11.6 Å². The molecule has 6 heteroatoms. The SMILES string of the molecule is Cc1cc(C)c(OCCNS(=O)(=O)c2ccc(Cl)c(C)c2)cc1C. The molecule has 0 aliphatic carbocycles. The van der Waals surface area contributed by atoms with E-state index in [2.05, 4.69) is 10.8 Å². The molecule has 0 heterocycles. The van der Waals surface area contributed by atoms with Crippen molar-refractivity contribution >= 4 is 21.6 Å². The van der Waals surface area contributed by atoms with Crippen LogP contribution in [0, 0.1) is 27.7 Å².